The van der Waals surface area contributed by atoms with Crippen molar-refractivity contribution in [3.8, 4) is 23.0 Å². The molecule has 0 spiro atoms. The number of nitrogens with one attached hydrogen (secondary N) is 2. The highest BCUT2D eigenvalue weighted by Crippen LogP contribution is 2.49. The van der Waals surface area contributed by atoms with E-state index in [2.05, 4.69) is 32.8 Å². The van der Waals surface area contributed by atoms with Crippen molar-refractivity contribution < 1.29 is 38.1 Å². The Hall–Kier alpha value is -4.39. The first-order valence-corrected chi connectivity index (χ1v) is 16.2. The number of esters is 1. The van der Waals surface area contributed by atoms with E-state index in [0.29, 0.717) is 92.6 Å². The van der Waals surface area contributed by atoms with Crippen LogP contribution in [-0.2, 0) is 4.74 Å². The van der Waals surface area contributed by atoms with Crippen LogP contribution in [0.5, 0.6) is 23.0 Å². The number of benzene rings is 2. The number of carbonyl (C=O) groups excluding carboxylic acids is 3. The Morgan fingerprint density at radius 2 is 1.65 bits per heavy atom. The summed E-state index contributed by atoms with van der Waals surface area (Å²) in [5.74, 6) is 1.04. The van der Waals surface area contributed by atoms with Gasteiger partial charge in [0.2, 0.25) is 5.75 Å². The number of nitrogens with zero attached hydrogens (tertiary/aromatic N) is 2. The number of ether oxygens (including phenoxy) is 5. The monoisotopic (exact) mass is 696 g/mol. The predicted octanol–water partition coefficient (Wildman–Crippen LogP) is 6.14. The van der Waals surface area contributed by atoms with Crippen molar-refractivity contribution >= 4 is 61.4 Å². The number of H-pyrrole nitrogens is 2. The van der Waals surface area contributed by atoms with Crippen LogP contribution in [-0.4, -0.2) is 86.2 Å². The van der Waals surface area contributed by atoms with Gasteiger partial charge in [0.25, 0.3) is 5.91 Å². The van der Waals surface area contributed by atoms with Crippen LogP contribution in [0.15, 0.2) is 18.2 Å². The highest BCUT2D eigenvalue weighted by Gasteiger charge is 2.39. The van der Waals surface area contributed by atoms with Gasteiger partial charge in [0, 0.05) is 53.4 Å². The summed E-state index contributed by atoms with van der Waals surface area (Å²) in [5, 5.41) is 1.79. The van der Waals surface area contributed by atoms with Gasteiger partial charge in [-0.1, -0.05) is 22.9 Å². The van der Waals surface area contributed by atoms with Gasteiger partial charge in [0.15, 0.2) is 17.2 Å². The largest absolute Gasteiger partial charge is 0.493 e. The minimum atomic E-state index is -0.525. The zero-order valence-electron chi connectivity index (χ0n) is 26.7. The first-order chi connectivity index (χ1) is 22.1. The van der Waals surface area contributed by atoms with Crippen molar-refractivity contribution in [1.82, 2.24) is 14.9 Å². The van der Waals surface area contributed by atoms with Crippen LogP contribution in [0.3, 0.4) is 0 Å². The van der Waals surface area contributed by atoms with Gasteiger partial charge in [0.05, 0.1) is 50.7 Å². The van der Waals surface area contributed by atoms with E-state index in [1.165, 1.54) is 28.4 Å². The van der Waals surface area contributed by atoms with Crippen molar-refractivity contribution in [2.45, 2.75) is 32.6 Å². The van der Waals surface area contributed by atoms with E-state index < -0.39 is 12.1 Å². The van der Waals surface area contributed by atoms with Crippen LogP contribution in [0.1, 0.15) is 57.8 Å². The molecule has 1 fully saturated rings. The number of aryl methyl sites for hydroxylation is 1. The highest BCUT2D eigenvalue weighted by atomic mass is 79.9. The van der Waals surface area contributed by atoms with E-state index in [4.69, 9.17) is 23.7 Å². The molecule has 0 saturated carbocycles. The maximum Gasteiger partial charge on any atom is 0.415 e. The summed E-state index contributed by atoms with van der Waals surface area (Å²) in [6.07, 6.45) is 1.31. The first-order valence-electron chi connectivity index (χ1n) is 15.1. The minimum Gasteiger partial charge on any atom is -0.493 e. The molecule has 46 heavy (non-hydrogen) atoms. The number of rotatable bonds is 7. The van der Waals surface area contributed by atoms with Gasteiger partial charge in [-0.2, -0.15) is 0 Å². The van der Waals surface area contributed by atoms with Crippen molar-refractivity contribution in [3.05, 3.63) is 40.7 Å². The summed E-state index contributed by atoms with van der Waals surface area (Å²) in [5.41, 5.74) is 3.64. The Bertz CT molecular complexity index is 1860. The third-order valence-corrected chi connectivity index (χ3v) is 9.84. The molecule has 6 rings (SSSR count). The fraction of sp³-hybridized carbons (Fsp3) is 0.424. The molecule has 2 aliphatic heterocycles. The topological polar surface area (TPSA) is 135 Å². The molecule has 0 radical (unpaired) electrons. The van der Waals surface area contributed by atoms with Crippen LogP contribution in [0.4, 0.5) is 10.5 Å². The Labute approximate surface area is 274 Å². The second-order valence-electron chi connectivity index (χ2n) is 11.8. The number of methoxy groups -OCH3 is 4. The van der Waals surface area contributed by atoms with Gasteiger partial charge in [-0.25, -0.2) is 9.59 Å². The van der Waals surface area contributed by atoms with Gasteiger partial charge in [-0.3, -0.25) is 4.79 Å². The summed E-state index contributed by atoms with van der Waals surface area (Å²) in [4.78, 5) is 50.7. The molecule has 0 unspecified atom stereocenters. The summed E-state index contributed by atoms with van der Waals surface area (Å²) >= 11 is 3.64. The van der Waals surface area contributed by atoms with Crippen LogP contribution < -0.4 is 23.8 Å². The first kappa shape index (κ1) is 31.6. The number of aromatic nitrogens is 2. The molecule has 2 aromatic heterocycles. The van der Waals surface area contributed by atoms with Crippen LogP contribution in [0.2, 0.25) is 0 Å². The molecule has 0 bridgehead atoms. The Balaban J connectivity index is 1.49. The van der Waals surface area contributed by atoms with Gasteiger partial charge < -0.3 is 43.5 Å². The number of hydrogen-bond acceptors (Lipinski definition) is 8. The SMILES string of the molecule is COC(=O)c1c(C)[nH]c2c(OC(=O)N3CCC(C)CC3)cc3c(c12)[C@H](CBr)CN3C(=O)c1cc2cc(OC)c(OC)c(OC)c2[nH]1. The molecule has 4 aromatic rings. The third-order valence-electron chi connectivity index (χ3n) is 9.06. The number of piperidine rings is 1. The highest BCUT2D eigenvalue weighted by molar-refractivity contribution is 9.09. The van der Waals surface area contributed by atoms with Crippen molar-refractivity contribution in [3.63, 3.8) is 0 Å². The Kier molecular flexibility index (Phi) is 8.53. The summed E-state index contributed by atoms with van der Waals surface area (Å²) in [6.45, 7) is 5.46. The van der Waals surface area contributed by atoms with Crippen molar-refractivity contribution in [1.29, 1.82) is 0 Å². The minimum absolute atomic E-state index is 0.174. The second kappa shape index (κ2) is 12.4. The van der Waals surface area contributed by atoms with E-state index >= 15 is 0 Å². The second-order valence-corrected chi connectivity index (χ2v) is 12.4. The maximum atomic E-state index is 14.3. The molecule has 0 aliphatic carbocycles. The fourth-order valence-electron chi connectivity index (χ4n) is 6.64. The summed E-state index contributed by atoms with van der Waals surface area (Å²) < 4.78 is 27.9. The Morgan fingerprint density at radius 3 is 2.28 bits per heavy atom. The molecule has 1 atom stereocenters. The normalized spacial score (nSPS) is 16.5. The van der Waals surface area contributed by atoms with E-state index in [1.54, 1.807) is 34.9 Å². The van der Waals surface area contributed by atoms with Gasteiger partial charge in [0.1, 0.15) is 5.69 Å². The van der Waals surface area contributed by atoms with E-state index in [0.717, 1.165) is 18.4 Å². The number of carbonyl (C=O) groups is 3. The lowest BCUT2D eigenvalue weighted by Gasteiger charge is -2.29. The standard InChI is InChI=1S/C33H37BrN4O8/c1-16-7-9-37(10-8-16)33(41)46-22-13-21-25(26-24(32(40)45-6)17(2)35-28(22)26)19(14-34)15-38(21)31(39)20-11-18-12-23(42-3)29(43-4)30(44-5)27(18)36-20/h11-13,16,19,35-36H,7-10,14-15H2,1-6H3/t19-/m1/s1. The average Bonchev–Trinajstić information content (AvgIpc) is 3.76. The van der Waals surface area contributed by atoms with E-state index in [1.807, 2.05) is 0 Å². The van der Waals surface area contributed by atoms with E-state index in [9.17, 15) is 14.4 Å². The molecular weight excluding hydrogens is 660 g/mol. The summed E-state index contributed by atoms with van der Waals surface area (Å²) in [7, 11) is 5.90. The van der Waals surface area contributed by atoms with Crippen LogP contribution in [0, 0.1) is 12.8 Å². The number of fused-ring (bicyclic) bond motifs is 4. The van der Waals surface area contributed by atoms with Gasteiger partial charge >= 0.3 is 12.1 Å². The lowest BCUT2D eigenvalue weighted by atomic mass is 9.95. The molecule has 13 heteroatoms. The number of alkyl halides is 1. The number of halogens is 1. The molecule has 2 N–H and O–H groups in total. The van der Waals surface area contributed by atoms with Gasteiger partial charge in [-0.05, 0) is 43.4 Å². The average molecular weight is 698 g/mol. The number of hydrogen-bond donors (Lipinski definition) is 2. The number of amides is 2. The quantitative estimate of drug-likeness (QED) is 0.174. The molecule has 12 nitrogen and oxygen atoms in total. The van der Waals surface area contributed by atoms with E-state index in [-0.39, 0.29) is 17.6 Å². The van der Waals surface area contributed by atoms with Crippen LogP contribution >= 0.6 is 15.9 Å². The third kappa shape index (κ3) is 5.10. The fourth-order valence-corrected chi connectivity index (χ4v) is 7.17. The van der Waals surface area contributed by atoms with Gasteiger partial charge in [-0.15, -0.1) is 0 Å². The molecule has 1 saturated heterocycles. The van der Waals surface area contributed by atoms with Crippen molar-refractivity contribution in [2.24, 2.45) is 5.92 Å². The zero-order valence-corrected chi connectivity index (χ0v) is 28.3. The smallest absolute Gasteiger partial charge is 0.415 e. The summed E-state index contributed by atoms with van der Waals surface area (Å²) in [6, 6.07) is 5.23. The molecule has 4 heterocycles. The predicted molar refractivity (Wildman–Crippen MR) is 177 cm³/mol. The van der Waals surface area contributed by atoms with Crippen LogP contribution in [0.25, 0.3) is 21.8 Å². The number of likely N-dealkylation sites (tertiary alicyclic amines) is 1. The Morgan fingerprint density at radius 1 is 0.935 bits per heavy atom. The molecule has 2 aromatic carbocycles. The molecular formula is C33H37BrN4O8. The van der Waals surface area contributed by atoms with Crippen molar-refractivity contribution in [2.75, 3.05) is 58.3 Å². The molecule has 2 aliphatic rings. The maximum absolute atomic E-state index is 14.3. The lowest BCUT2D eigenvalue weighted by molar-refractivity contribution is 0.0602. The zero-order chi connectivity index (χ0) is 32.9. The number of aromatic amines is 2. The molecule has 2 amide bonds. The lowest BCUT2D eigenvalue weighted by Crippen LogP contribution is -2.39. The molecule has 244 valence electrons. The number of anilines is 1.